The van der Waals surface area contributed by atoms with Crippen LogP contribution in [-0.2, 0) is 13.1 Å². The number of nitrogens with one attached hydrogen (secondary N) is 1. The number of hydrogen-bond acceptors (Lipinski definition) is 5. The molecule has 0 fully saturated rings. The van der Waals surface area contributed by atoms with Gasteiger partial charge >= 0.3 is 0 Å². The second-order valence-electron chi connectivity index (χ2n) is 6.46. The molecule has 7 heteroatoms. The molecule has 0 radical (unpaired) electrons. The maximum absolute atomic E-state index is 12.7. The number of benzene rings is 1. The molecule has 1 N–H and O–H groups in total. The molecular formula is C21H24N4O3. The lowest BCUT2D eigenvalue weighted by Crippen LogP contribution is -2.23. The van der Waals surface area contributed by atoms with E-state index >= 15 is 0 Å². The van der Waals surface area contributed by atoms with Gasteiger partial charge in [-0.25, -0.2) is 4.98 Å². The SMILES string of the molecule is COc1ccnc(CNC(=O)c2cc(C)c(OC)c(Cn3ccnc3C)c2)c1. The van der Waals surface area contributed by atoms with Gasteiger partial charge in [0.2, 0.25) is 0 Å². The van der Waals surface area contributed by atoms with Gasteiger partial charge in [0.25, 0.3) is 5.91 Å². The summed E-state index contributed by atoms with van der Waals surface area (Å²) in [5.74, 6) is 2.22. The number of carbonyl (C=O) groups is 1. The number of pyridine rings is 1. The number of ether oxygens (including phenoxy) is 2. The van der Waals surface area contributed by atoms with Crippen LogP contribution in [0.2, 0.25) is 0 Å². The van der Waals surface area contributed by atoms with E-state index in [9.17, 15) is 4.79 Å². The summed E-state index contributed by atoms with van der Waals surface area (Å²) in [6.45, 7) is 4.77. The quantitative estimate of drug-likeness (QED) is 0.682. The van der Waals surface area contributed by atoms with Gasteiger partial charge in [0.15, 0.2) is 0 Å². The molecule has 0 aliphatic carbocycles. The number of hydrogen-bond donors (Lipinski definition) is 1. The van der Waals surface area contributed by atoms with Gasteiger partial charge in [-0.3, -0.25) is 9.78 Å². The first-order chi connectivity index (χ1) is 13.5. The Morgan fingerprint density at radius 2 is 1.93 bits per heavy atom. The largest absolute Gasteiger partial charge is 0.497 e. The molecule has 0 spiro atoms. The third kappa shape index (κ3) is 4.31. The molecule has 1 aromatic carbocycles. The van der Waals surface area contributed by atoms with Crippen LogP contribution in [0.15, 0.2) is 42.9 Å². The van der Waals surface area contributed by atoms with E-state index in [2.05, 4.69) is 15.3 Å². The van der Waals surface area contributed by atoms with Crippen molar-refractivity contribution in [3.8, 4) is 11.5 Å². The fourth-order valence-corrected chi connectivity index (χ4v) is 3.09. The Balaban J connectivity index is 1.80. The topological polar surface area (TPSA) is 78.3 Å². The Hall–Kier alpha value is -3.35. The molecule has 0 atom stereocenters. The number of nitrogens with zero attached hydrogens (tertiary/aromatic N) is 3. The van der Waals surface area contributed by atoms with E-state index in [0.717, 1.165) is 28.4 Å². The van der Waals surface area contributed by atoms with Crippen LogP contribution in [0.4, 0.5) is 0 Å². The Labute approximate surface area is 164 Å². The molecule has 2 heterocycles. The van der Waals surface area contributed by atoms with Crippen LogP contribution in [0.5, 0.6) is 11.5 Å². The number of aromatic nitrogens is 3. The molecule has 0 bridgehead atoms. The zero-order chi connectivity index (χ0) is 20.1. The lowest BCUT2D eigenvalue weighted by Gasteiger charge is -2.15. The first-order valence-electron chi connectivity index (χ1n) is 8.94. The van der Waals surface area contributed by atoms with Gasteiger partial charge in [0.1, 0.15) is 17.3 Å². The molecule has 1 amide bonds. The minimum Gasteiger partial charge on any atom is -0.497 e. The Bertz CT molecular complexity index is 982. The van der Waals surface area contributed by atoms with Gasteiger partial charge in [-0.05, 0) is 37.6 Å². The summed E-state index contributed by atoms with van der Waals surface area (Å²) in [7, 11) is 3.24. The van der Waals surface area contributed by atoms with Crippen LogP contribution < -0.4 is 14.8 Å². The highest BCUT2D eigenvalue weighted by molar-refractivity contribution is 5.94. The Morgan fingerprint density at radius 1 is 1.11 bits per heavy atom. The summed E-state index contributed by atoms with van der Waals surface area (Å²) >= 11 is 0. The fraction of sp³-hybridized carbons (Fsp3) is 0.286. The van der Waals surface area contributed by atoms with Crippen LogP contribution in [0.3, 0.4) is 0 Å². The van der Waals surface area contributed by atoms with E-state index in [-0.39, 0.29) is 5.91 Å². The Kier molecular flexibility index (Phi) is 5.93. The second kappa shape index (κ2) is 8.56. The van der Waals surface area contributed by atoms with Gasteiger partial charge < -0.3 is 19.4 Å². The van der Waals surface area contributed by atoms with Crippen molar-refractivity contribution in [2.45, 2.75) is 26.9 Å². The van der Waals surface area contributed by atoms with Crippen molar-refractivity contribution >= 4 is 5.91 Å². The monoisotopic (exact) mass is 380 g/mol. The summed E-state index contributed by atoms with van der Waals surface area (Å²) < 4.78 is 12.8. The number of imidazole rings is 1. The molecular weight excluding hydrogens is 356 g/mol. The van der Waals surface area contributed by atoms with E-state index in [1.807, 2.05) is 36.7 Å². The van der Waals surface area contributed by atoms with Crippen LogP contribution >= 0.6 is 0 Å². The molecule has 0 unspecified atom stereocenters. The van der Waals surface area contributed by atoms with Crippen LogP contribution in [-0.4, -0.2) is 34.7 Å². The first kappa shape index (κ1) is 19.4. The molecule has 3 aromatic rings. The Morgan fingerprint density at radius 3 is 2.61 bits per heavy atom. The van der Waals surface area contributed by atoms with Gasteiger partial charge in [-0.1, -0.05) is 0 Å². The summed E-state index contributed by atoms with van der Waals surface area (Å²) in [5.41, 5.74) is 3.14. The van der Waals surface area contributed by atoms with E-state index in [0.29, 0.717) is 24.4 Å². The number of carbonyl (C=O) groups excluding carboxylic acids is 1. The minimum absolute atomic E-state index is 0.168. The van der Waals surface area contributed by atoms with E-state index in [4.69, 9.17) is 9.47 Å². The van der Waals surface area contributed by atoms with Crippen molar-refractivity contribution in [3.63, 3.8) is 0 Å². The molecule has 146 valence electrons. The zero-order valence-corrected chi connectivity index (χ0v) is 16.5. The van der Waals surface area contributed by atoms with Gasteiger partial charge in [-0.2, -0.15) is 0 Å². The van der Waals surface area contributed by atoms with Gasteiger partial charge in [0.05, 0.1) is 33.0 Å². The van der Waals surface area contributed by atoms with E-state index < -0.39 is 0 Å². The molecule has 0 aliphatic rings. The second-order valence-corrected chi connectivity index (χ2v) is 6.46. The predicted molar refractivity (Wildman–Crippen MR) is 106 cm³/mol. The third-order valence-corrected chi connectivity index (χ3v) is 4.54. The average Bonchev–Trinajstić information content (AvgIpc) is 3.10. The van der Waals surface area contributed by atoms with Crippen molar-refractivity contribution in [1.82, 2.24) is 19.9 Å². The summed E-state index contributed by atoms with van der Waals surface area (Å²) in [6.07, 6.45) is 5.32. The van der Waals surface area contributed by atoms with E-state index in [1.165, 1.54) is 0 Å². The van der Waals surface area contributed by atoms with Crippen molar-refractivity contribution < 1.29 is 14.3 Å². The smallest absolute Gasteiger partial charge is 0.251 e. The maximum atomic E-state index is 12.7. The third-order valence-electron chi connectivity index (χ3n) is 4.54. The highest BCUT2D eigenvalue weighted by Gasteiger charge is 2.15. The maximum Gasteiger partial charge on any atom is 0.251 e. The molecule has 3 rings (SSSR count). The van der Waals surface area contributed by atoms with Gasteiger partial charge in [-0.15, -0.1) is 0 Å². The summed E-state index contributed by atoms with van der Waals surface area (Å²) in [6, 6.07) is 7.26. The molecule has 0 saturated heterocycles. The molecule has 0 aliphatic heterocycles. The van der Waals surface area contributed by atoms with Crippen molar-refractivity contribution in [2.24, 2.45) is 0 Å². The number of aryl methyl sites for hydroxylation is 2. The number of rotatable bonds is 7. The fourth-order valence-electron chi connectivity index (χ4n) is 3.09. The number of methoxy groups -OCH3 is 2. The lowest BCUT2D eigenvalue weighted by atomic mass is 10.0. The normalized spacial score (nSPS) is 10.6. The van der Waals surface area contributed by atoms with Gasteiger partial charge in [0, 0.05) is 35.8 Å². The van der Waals surface area contributed by atoms with Crippen molar-refractivity contribution in [1.29, 1.82) is 0 Å². The van der Waals surface area contributed by atoms with Crippen LogP contribution in [0, 0.1) is 13.8 Å². The predicted octanol–water partition coefficient (Wildman–Crippen LogP) is 2.89. The highest BCUT2D eigenvalue weighted by atomic mass is 16.5. The lowest BCUT2D eigenvalue weighted by molar-refractivity contribution is 0.0950. The van der Waals surface area contributed by atoms with Crippen molar-refractivity contribution in [3.05, 3.63) is 71.1 Å². The first-order valence-corrected chi connectivity index (χ1v) is 8.94. The minimum atomic E-state index is -0.168. The molecule has 7 nitrogen and oxygen atoms in total. The summed E-state index contributed by atoms with van der Waals surface area (Å²) in [5, 5.41) is 2.91. The zero-order valence-electron chi connectivity index (χ0n) is 16.5. The average molecular weight is 380 g/mol. The standard InChI is InChI=1S/C21H24N4O3/c1-14-9-16(21(26)24-12-18-11-19(27-3)5-6-23-18)10-17(20(14)28-4)13-25-8-7-22-15(25)2/h5-11H,12-13H2,1-4H3,(H,24,26). The van der Waals surface area contributed by atoms with Crippen molar-refractivity contribution in [2.75, 3.05) is 14.2 Å². The highest BCUT2D eigenvalue weighted by Crippen LogP contribution is 2.26. The molecule has 2 aromatic heterocycles. The molecule has 0 saturated carbocycles. The van der Waals surface area contributed by atoms with E-state index in [1.54, 1.807) is 38.7 Å². The summed E-state index contributed by atoms with van der Waals surface area (Å²) in [4.78, 5) is 21.2. The molecule has 28 heavy (non-hydrogen) atoms. The number of amides is 1. The van der Waals surface area contributed by atoms with Crippen LogP contribution in [0.25, 0.3) is 0 Å². The van der Waals surface area contributed by atoms with Crippen LogP contribution in [0.1, 0.15) is 33.0 Å².